The highest BCUT2D eigenvalue weighted by Gasteiger charge is 2.15. The van der Waals surface area contributed by atoms with Crippen molar-refractivity contribution in [2.45, 2.75) is 11.3 Å². The van der Waals surface area contributed by atoms with Crippen molar-refractivity contribution in [3.63, 3.8) is 0 Å². The topological polar surface area (TPSA) is 76.8 Å². The third-order valence-electron chi connectivity index (χ3n) is 5.63. The zero-order valence-corrected chi connectivity index (χ0v) is 18.6. The van der Waals surface area contributed by atoms with E-state index in [1.54, 1.807) is 22.7 Å². The van der Waals surface area contributed by atoms with E-state index in [4.69, 9.17) is 9.72 Å². The highest BCUT2D eigenvalue weighted by atomic mass is 32.2. The molecule has 1 saturated heterocycles. The third kappa shape index (κ3) is 4.24. The molecular formula is C24H24N4O3S. The molecular weight excluding hydrogens is 424 g/mol. The molecule has 1 fully saturated rings. The van der Waals surface area contributed by atoms with Crippen molar-refractivity contribution in [3.8, 4) is 11.1 Å². The Labute approximate surface area is 187 Å². The lowest BCUT2D eigenvalue weighted by Crippen LogP contribution is -2.36. The Hall–Kier alpha value is -3.23. The molecule has 0 bridgehead atoms. The summed E-state index contributed by atoms with van der Waals surface area (Å²) in [5.41, 5.74) is 4.68. The first kappa shape index (κ1) is 20.7. The maximum Gasteiger partial charge on any atom is 0.175 e. The summed E-state index contributed by atoms with van der Waals surface area (Å²) in [4.78, 5) is 7.41. The van der Waals surface area contributed by atoms with Crippen LogP contribution in [0.25, 0.3) is 16.8 Å². The largest absolute Gasteiger partial charge is 0.378 e. The number of pyridine rings is 1. The molecule has 0 saturated carbocycles. The summed E-state index contributed by atoms with van der Waals surface area (Å²) in [6.07, 6.45) is 3.69. The summed E-state index contributed by atoms with van der Waals surface area (Å²) < 4.78 is 31.2. The summed E-state index contributed by atoms with van der Waals surface area (Å²) in [6, 6.07) is 19.2. The SMILES string of the molecule is CS(=O)(=O)c1cccc(-c2cccn3nc(Cc4cccc(N5CCOCC5)c4)nc23)c1. The van der Waals surface area contributed by atoms with Crippen molar-refractivity contribution >= 4 is 21.2 Å². The lowest BCUT2D eigenvalue weighted by Gasteiger charge is -2.29. The molecule has 0 radical (unpaired) electrons. The van der Waals surface area contributed by atoms with Crippen molar-refractivity contribution in [2.24, 2.45) is 0 Å². The van der Waals surface area contributed by atoms with Gasteiger partial charge in [-0.1, -0.05) is 24.3 Å². The predicted octanol–water partition coefficient (Wildman–Crippen LogP) is 3.23. The molecule has 3 heterocycles. The normalized spacial score (nSPS) is 14.7. The molecule has 0 spiro atoms. The lowest BCUT2D eigenvalue weighted by molar-refractivity contribution is 0.122. The number of nitrogens with zero attached hydrogens (tertiary/aromatic N) is 4. The van der Waals surface area contributed by atoms with E-state index in [9.17, 15) is 8.42 Å². The minimum atomic E-state index is -3.29. The Balaban J connectivity index is 1.47. The fourth-order valence-electron chi connectivity index (χ4n) is 4.01. The number of benzene rings is 2. The molecule has 5 rings (SSSR count). The number of fused-ring (bicyclic) bond motifs is 1. The molecule has 4 aromatic rings. The molecule has 0 N–H and O–H groups in total. The van der Waals surface area contributed by atoms with Gasteiger partial charge in [0.05, 0.1) is 18.1 Å². The smallest absolute Gasteiger partial charge is 0.175 e. The van der Waals surface area contributed by atoms with Gasteiger partial charge in [-0.05, 0) is 47.5 Å². The fourth-order valence-corrected chi connectivity index (χ4v) is 4.68. The number of ether oxygens (including phenoxy) is 1. The van der Waals surface area contributed by atoms with Crippen LogP contribution < -0.4 is 4.90 Å². The van der Waals surface area contributed by atoms with Crippen LogP contribution in [0.2, 0.25) is 0 Å². The molecule has 1 aliphatic heterocycles. The summed E-state index contributed by atoms with van der Waals surface area (Å²) in [7, 11) is -3.29. The van der Waals surface area contributed by atoms with Gasteiger partial charge >= 0.3 is 0 Å². The maximum absolute atomic E-state index is 12.0. The molecule has 0 aliphatic carbocycles. The van der Waals surface area contributed by atoms with Crippen LogP contribution in [0, 0.1) is 0 Å². The molecule has 164 valence electrons. The predicted molar refractivity (Wildman–Crippen MR) is 124 cm³/mol. The van der Waals surface area contributed by atoms with Crippen LogP contribution in [0.4, 0.5) is 5.69 Å². The zero-order chi connectivity index (χ0) is 22.1. The van der Waals surface area contributed by atoms with Crippen molar-refractivity contribution in [1.29, 1.82) is 0 Å². The van der Waals surface area contributed by atoms with Crippen LogP contribution in [0.1, 0.15) is 11.4 Å². The van der Waals surface area contributed by atoms with E-state index >= 15 is 0 Å². The molecule has 2 aromatic heterocycles. The quantitative estimate of drug-likeness (QED) is 0.467. The highest BCUT2D eigenvalue weighted by Crippen LogP contribution is 2.26. The number of rotatable bonds is 5. The van der Waals surface area contributed by atoms with Gasteiger partial charge in [-0.25, -0.2) is 17.9 Å². The van der Waals surface area contributed by atoms with Crippen LogP contribution >= 0.6 is 0 Å². The first-order valence-corrected chi connectivity index (χ1v) is 12.4. The second-order valence-electron chi connectivity index (χ2n) is 7.96. The van der Waals surface area contributed by atoms with Gasteiger partial charge in [-0.2, -0.15) is 5.10 Å². The highest BCUT2D eigenvalue weighted by molar-refractivity contribution is 7.90. The standard InChI is InChI=1S/C24H24N4O3S/c1-32(29,30)21-8-3-6-19(17-21)22-9-4-10-28-24(22)25-23(26-28)16-18-5-2-7-20(15-18)27-11-13-31-14-12-27/h2-10,15,17H,11-14,16H2,1H3. The van der Waals surface area contributed by atoms with E-state index in [2.05, 4.69) is 34.3 Å². The third-order valence-corrected chi connectivity index (χ3v) is 6.74. The van der Waals surface area contributed by atoms with E-state index < -0.39 is 9.84 Å². The van der Waals surface area contributed by atoms with E-state index in [-0.39, 0.29) is 4.90 Å². The van der Waals surface area contributed by atoms with Crippen LogP contribution in [0.15, 0.2) is 71.8 Å². The summed E-state index contributed by atoms with van der Waals surface area (Å²) in [5, 5.41) is 4.66. The minimum absolute atomic E-state index is 0.289. The van der Waals surface area contributed by atoms with Crippen LogP contribution in [-0.4, -0.2) is 55.6 Å². The monoisotopic (exact) mass is 448 g/mol. The van der Waals surface area contributed by atoms with Crippen LogP contribution in [0.5, 0.6) is 0 Å². The van der Waals surface area contributed by atoms with Gasteiger partial charge in [0.1, 0.15) is 0 Å². The molecule has 7 nitrogen and oxygen atoms in total. The Morgan fingerprint density at radius 2 is 1.81 bits per heavy atom. The Kier molecular flexibility index (Phi) is 5.40. The van der Waals surface area contributed by atoms with Gasteiger partial charge in [0, 0.05) is 43.2 Å². The Morgan fingerprint density at radius 3 is 2.62 bits per heavy atom. The molecule has 1 aliphatic rings. The van der Waals surface area contributed by atoms with E-state index in [1.165, 1.54) is 11.9 Å². The number of sulfone groups is 1. The minimum Gasteiger partial charge on any atom is -0.378 e. The number of anilines is 1. The van der Waals surface area contributed by atoms with Crippen molar-refractivity contribution in [2.75, 3.05) is 37.5 Å². The number of hydrogen-bond acceptors (Lipinski definition) is 6. The van der Waals surface area contributed by atoms with E-state index in [0.29, 0.717) is 12.1 Å². The number of morpholine rings is 1. The fraction of sp³-hybridized carbons (Fsp3) is 0.250. The first-order chi connectivity index (χ1) is 15.5. The van der Waals surface area contributed by atoms with Crippen LogP contribution in [0.3, 0.4) is 0 Å². The summed E-state index contributed by atoms with van der Waals surface area (Å²) in [6.45, 7) is 3.29. The maximum atomic E-state index is 12.0. The molecule has 2 aromatic carbocycles. The first-order valence-electron chi connectivity index (χ1n) is 10.5. The molecule has 0 amide bonds. The van der Waals surface area contributed by atoms with E-state index in [1.807, 2.05) is 24.4 Å². The summed E-state index contributed by atoms with van der Waals surface area (Å²) in [5.74, 6) is 0.718. The number of aromatic nitrogens is 3. The van der Waals surface area contributed by atoms with Gasteiger partial charge in [-0.3, -0.25) is 0 Å². The average molecular weight is 449 g/mol. The van der Waals surface area contributed by atoms with Gasteiger partial charge in [0.25, 0.3) is 0 Å². The van der Waals surface area contributed by atoms with Crippen molar-refractivity contribution < 1.29 is 13.2 Å². The van der Waals surface area contributed by atoms with Gasteiger partial charge < -0.3 is 9.64 Å². The van der Waals surface area contributed by atoms with Crippen LogP contribution in [-0.2, 0) is 21.0 Å². The van der Waals surface area contributed by atoms with Crippen molar-refractivity contribution in [3.05, 3.63) is 78.2 Å². The molecule has 0 unspecified atom stereocenters. The molecule has 0 atom stereocenters. The lowest BCUT2D eigenvalue weighted by atomic mass is 10.1. The Bertz CT molecular complexity index is 1380. The molecule has 8 heteroatoms. The average Bonchev–Trinajstić information content (AvgIpc) is 3.22. The molecule has 32 heavy (non-hydrogen) atoms. The van der Waals surface area contributed by atoms with E-state index in [0.717, 1.165) is 48.8 Å². The zero-order valence-electron chi connectivity index (χ0n) is 17.8. The van der Waals surface area contributed by atoms with Gasteiger partial charge in [0.15, 0.2) is 21.3 Å². The van der Waals surface area contributed by atoms with Gasteiger partial charge in [0.2, 0.25) is 0 Å². The second kappa shape index (κ2) is 8.37. The number of hydrogen-bond donors (Lipinski definition) is 0. The van der Waals surface area contributed by atoms with Gasteiger partial charge in [-0.15, -0.1) is 0 Å². The Morgan fingerprint density at radius 1 is 1.00 bits per heavy atom. The van der Waals surface area contributed by atoms with Crippen molar-refractivity contribution in [1.82, 2.24) is 14.6 Å². The second-order valence-corrected chi connectivity index (χ2v) is 9.98. The summed E-state index contributed by atoms with van der Waals surface area (Å²) >= 11 is 0.